The Bertz CT molecular complexity index is 1450. The number of hydrogen-bond acceptors (Lipinski definition) is 5. The fourth-order valence-corrected chi connectivity index (χ4v) is 5.20. The minimum absolute atomic E-state index is 0.0175. The fourth-order valence-electron chi connectivity index (χ4n) is 4.19. The Morgan fingerprint density at radius 1 is 1.12 bits per heavy atom. The molecule has 0 N–H and O–H groups in total. The van der Waals surface area contributed by atoms with Crippen LogP contribution in [-0.2, 0) is 4.79 Å². The van der Waals surface area contributed by atoms with Crippen LogP contribution in [0.1, 0.15) is 36.4 Å². The molecule has 2 heterocycles. The number of methoxy groups -OCH3 is 1. The highest BCUT2D eigenvalue weighted by molar-refractivity contribution is 7.07. The smallest absolute Gasteiger partial charge is 0.271 e. The van der Waals surface area contributed by atoms with Crippen molar-refractivity contribution in [3.8, 4) is 5.75 Å². The molecule has 8 heteroatoms. The number of allylic oxidation sites excluding steroid dienone is 2. The number of halogens is 2. The second kappa shape index (κ2) is 7.94. The van der Waals surface area contributed by atoms with Gasteiger partial charge in [0.1, 0.15) is 5.75 Å². The van der Waals surface area contributed by atoms with Gasteiger partial charge >= 0.3 is 0 Å². The van der Waals surface area contributed by atoms with Crippen LogP contribution in [0, 0.1) is 11.6 Å². The molecule has 1 aliphatic carbocycles. The lowest BCUT2D eigenvalue weighted by atomic mass is 9.86. The quantitative estimate of drug-likeness (QED) is 0.613. The molecular formula is C24H18F2N2O3S. The molecule has 0 bridgehead atoms. The summed E-state index contributed by atoms with van der Waals surface area (Å²) >= 11 is 1.10. The molecular weight excluding hydrogens is 434 g/mol. The van der Waals surface area contributed by atoms with Gasteiger partial charge in [-0.05, 0) is 42.7 Å². The van der Waals surface area contributed by atoms with Gasteiger partial charge in [-0.1, -0.05) is 35.6 Å². The average Bonchev–Trinajstić information content (AvgIpc) is 3.10. The molecule has 32 heavy (non-hydrogen) atoms. The summed E-state index contributed by atoms with van der Waals surface area (Å²) in [6, 6.07) is 10.4. The molecule has 1 atom stereocenters. The first kappa shape index (κ1) is 20.5. The van der Waals surface area contributed by atoms with Gasteiger partial charge in [0.05, 0.1) is 23.4 Å². The number of fused-ring (bicyclic) bond motifs is 1. The van der Waals surface area contributed by atoms with Crippen LogP contribution in [-0.4, -0.2) is 17.5 Å². The Hall–Kier alpha value is -3.39. The summed E-state index contributed by atoms with van der Waals surface area (Å²) in [6.07, 6.45) is 3.10. The van der Waals surface area contributed by atoms with Crippen LogP contribution in [0.2, 0.25) is 0 Å². The molecule has 162 valence electrons. The van der Waals surface area contributed by atoms with Crippen molar-refractivity contribution in [1.29, 1.82) is 0 Å². The summed E-state index contributed by atoms with van der Waals surface area (Å²) < 4.78 is 34.8. The van der Waals surface area contributed by atoms with Crippen LogP contribution < -0.4 is 19.6 Å². The molecule has 5 rings (SSSR count). The van der Waals surface area contributed by atoms with Crippen LogP contribution in [0.4, 0.5) is 8.78 Å². The number of rotatable bonds is 3. The molecule has 0 saturated carbocycles. The molecule has 2 aliphatic rings. The van der Waals surface area contributed by atoms with Crippen LogP contribution in [0.5, 0.6) is 5.75 Å². The molecule has 1 aliphatic heterocycles. The predicted molar refractivity (Wildman–Crippen MR) is 116 cm³/mol. The van der Waals surface area contributed by atoms with Gasteiger partial charge in [-0.3, -0.25) is 14.2 Å². The van der Waals surface area contributed by atoms with Crippen LogP contribution in [0.3, 0.4) is 0 Å². The number of benzene rings is 2. The second-order valence-corrected chi connectivity index (χ2v) is 8.65. The van der Waals surface area contributed by atoms with Gasteiger partial charge in [0.15, 0.2) is 22.2 Å². The van der Waals surface area contributed by atoms with Gasteiger partial charge < -0.3 is 4.74 Å². The summed E-state index contributed by atoms with van der Waals surface area (Å²) in [5.74, 6) is -1.36. The number of ether oxygens (including phenoxy) is 1. The van der Waals surface area contributed by atoms with E-state index in [1.54, 1.807) is 19.2 Å². The molecule has 0 spiro atoms. The van der Waals surface area contributed by atoms with Gasteiger partial charge in [-0.25, -0.2) is 13.8 Å². The molecule has 0 amide bonds. The van der Waals surface area contributed by atoms with E-state index in [9.17, 15) is 18.4 Å². The molecule has 2 aromatic carbocycles. The Balaban J connectivity index is 1.75. The van der Waals surface area contributed by atoms with E-state index in [-0.39, 0.29) is 15.9 Å². The maximum atomic E-state index is 14.2. The SMILES string of the molecule is COc1ccc(C2C3=C(CCCC3=O)N=c3sc(=Cc4cccc(F)c4F)c(=O)n32)cc1. The standard InChI is InChI=1S/C24H18F2N2O3S/c1-31-15-10-8-13(9-11-15)22-20-17(6-3-7-18(20)29)27-24-28(22)23(30)19(32-24)12-14-4-2-5-16(25)21(14)26/h2,4-5,8-12,22H,3,6-7H2,1H3. The van der Waals surface area contributed by atoms with Crippen molar-refractivity contribution in [2.75, 3.05) is 7.11 Å². The highest BCUT2D eigenvalue weighted by Crippen LogP contribution is 2.36. The maximum Gasteiger partial charge on any atom is 0.271 e. The Morgan fingerprint density at radius 2 is 1.91 bits per heavy atom. The van der Waals surface area contributed by atoms with Crippen molar-refractivity contribution in [2.24, 2.45) is 4.99 Å². The predicted octanol–water partition coefficient (Wildman–Crippen LogP) is 3.26. The van der Waals surface area contributed by atoms with Crippen molar-refractivity contribution in [2.45, 2.75) is 25.3 Å². The van der Waals surface area contributed by atoms with Crippen molar-refractivity contribution in [1.82, 2.24) is 4.57 Å². The lowest BCUT2D eigenvalue weighted by molar-refractivity contribution is -0.116. The summed E-state index contributed by atoms with van der Waals surface area (Å²) in [7, 11) is 1.56. The first-order valence-electron chi connectivity index (χ1n) is 10.1. The number of Topliss-reactive ketones (excluding diaryl/α,β-unsaturated/α-hetero) is 1. The minimum atomic E-state index is -1.01. The molecule has 3 aromatic rings. The van der Waals surface area contributed by atoms with E-state index in [4.69, 9.17) is 4.74 Å². The lowest BCUT2D eigenvalue weighted by Gasteiger charge is -2.28. The number of carbonyl (C=O) groups excluding carboxylic acids is 1. The first-order valence-corrected chi connectivity index (χ1v) is 11.0. The van der Waals surface area contributed by atoms with Gasteiger partial charge in [0.25, 0.3) is 5.56 Å². The molecule has 0 saturated heterocycles. The van der Waals surface area contributed by atoms with Gasteiger partial charge in [-0.2, -0.15) is 0 Å². The lowest BCUT2D eigenvalue weighted by Crippen LogP contribution is -2.40. The normalized spacial score (nSPS) is 18.3. The third-order valence-corrected chi connectivity index (χ3v) is 6.71. The Kier molecular flexibility index (Phi) is 5.09. The van der Waals surface area contributed by atoms with E-state index in [0.717, 1.165) is 23.0 Å². The van der Waals surface area contributed by atoms with Gasteiger partial charge in [0.2, 0.25) is 0 Å². The molecule has 1 aromatic heterocycles. The average molecular weight is 452 g/mol. The number of nitrogens with zero attached hydrogens (tertiary/aromatic N) is 2. The van der Waals surface area contributed by atoms with E-state index < -0.39 is 23.2 Å². The topological polar surface area (TPSA) is 60.7 Å². The monoisotopic (exact) mass is 452 g/mol. The largest absolute Gasteiger partial charge is 0.497 e. The van der Waals surface area contributed by atoms with Crippen LogP contribution >= 0.6 is 11.3 Å². The molecule has 5 nitrogen and oxygen atoms in total. The molecule has 1 unspecified atom stereocenters. The van der Waals surface area contributed by atoms with Crippen molar-refractivity contribution < 1.29 is 18.3 Å². The zero-order valence-corrected chi connectivity index (χ0v) is 17.9. The highest BCUT2D eigenvalue weighted by Gasteiger charge is 2.35. The molecule has 0 fully saturated rings. The van der Waals surface area contributed by atoms with E-state index in [2.05, 4.69) is 4.99 Å². The zero-order chi connectivity index (χ0) is 22.4. The van der Waals surface area contributed by atoms with Gasteiger partial charge in [-0.15, -0.1) is 0 Å². The fraction of sp³-hybridized carbons (Fsp3) is 0.208. The number of thiazole rings is 1. The van der Waals surface area contributed by atoms with E-state index in [1.165, 1.54) is 22.8 Å². The van der Waals surface area contributed by atoms with E-state index >= 15 is 0 Å². The summed E-state index contributed by atoms with van der Waals surface area (Å²) in [5, 5.41) is 0. The van der Waals surface area contributed by atoms with E-state index in [1.807, 2.05) is 12.1 Å². The van der Waals surface area contributed by atoms with Crippen LogP contribution in [0.25, 0.3) is 6.08 Å². The van der Waals surface area contributed by atoms with Crippen LogP contribution in [0.15, 0.2) is 63.5 Å². The van der Waals surface area contributed by atoms with Gasteiger partial charge in [0, 0.05) is 17.6 Å². The number of ketones is 1. The Labute approximate surface area is 185 Å². The number of carbonyl (C=O) groups is 1. The number of aromatic nitrogens is 1. The van der Waals surface area contributed by atoms with Crippen molar-refractivity contribution >= 4 is 23.2 Å². The molecule has 0 radical (unpaired) electrons. The summed E-state index contributed by atoms with van der Waals surface area (Å²) in [4.78, 5) is 31.3. The maximum absolute atomic E-state index is 14.2. The third kappa shape index (κ3) is 3.31. The summed E-state index contributed by atoms with van der Waals surface area (Å²) in [5.41, 5.74) is 1.55. The number of hydrogen-bond donors (Lipinski definition) is 0. The minimum Gasteiger partial charge on any atom is -0.497 e. The first-order chi connectivity index (χ1) is 15.5. The Morgan fingerprint density at radius 3 is 2.66 bits per heavy atom. The van der Waals surface area contributed by atoms with Crippen molar-refractivity contribution in [3.63, 3.8) is 0 Å². The highest BCUT2D eigenvalue weighted by atomic mass is 32.1. The second-order valence-electron chi connectivity index (χ2n) is 7.64. The van der Waals surface area contributed by atoms with Crippen molar-refractivity contribution in [3.05, 3.63) is 96.2 Å². The third-order valence-electron chi connectivity index (χ3n) is 5.73. The summed E-state index contributed by atoms with van der Waals surface area (Å²) in [6.45, 7) is 0. The zero-order valence-electron chi connectivity index (χ0n) is 17.1. The van der Waals surface area contributed by atoms with E-state index in [0.29, 0.717) is 41.1 Å².